The van der Waals surface area contributed by atoms with E-state index in [1.807, 2.05) is 80.6 Å². The fourth-order valence-corrected chi connectivity index (χ4v) is 4.72. The Morgan fingerprint density at radius 1 is 1.06 bits per heavy atom. The van der Waals surface area contributed by atoms with Crippen LogP contribution in [-0.4, -0.2) is 18.0 Å². The second-order valence-corrected chi connectivity index (χ2v) is 9.59. The lowest BCUT2D eigenvalue weighted by Gasteiger charge is -2.15. The minimum absolute atomic E-state index is 0.140. The molecule has 0 spiro atoms. The Kier molecular flexibility index (Phi) is 7.93. The maximum atomic E-state index is 12.6. The number of aryl methyl sites for hydroxylation is 1. The van der Waals surface area contributed by atoms with Crippen LogP contribution in [0.1, 0.15) is 23.6 Å². The Labute approximate surface area is 213 Å². The predicted octanol–water partition coefficient (Wildman–Crippen LogP) is 6.88. The van der Waals surface area contributed by atoms with Gasteiger partial charge >= 0.3 is 0 Å². The van der Waals surface area contributed by atoms with Crippen LogP contribution in [-0.2, 0) is 11.4 Å². The van der Waals surface area contributed by atoms with Crippen LogP contribution in [0.5, 0.6) is 11.5 Å². The van der Waals surface area contributed by atoms with Crippen molar-refractivity contribution in [1.29, 1.82) is 0 Å². The Morgan fingerprint density at radius 2 is 1.88 bits per heavy atom. The molecule has 0 bridgehead atoms. The summed E-state index contributed by atoms with van der Waals surface area (Å²) in [7, 11) is 0. The summed E-state index contributed by atoms with van der Waals surface area (Å²) in [5.41, 5.74) is 3.37. The van der Waals surface area contributed by atoms with Crippen molar-refractivity contribution >= 4 is 52.6 Å². The third-order valence-corrected chi connectivity index (χ3v) is 6.76. The van der Waals surface area contributed by atoms with Crippen molar-refractivity contribution in [1.82, 2.24) is 5.32 Å². The van der Waals surface area contributed by atoms with Crippen LogP contribution in [0.2, 0.25) is 10.0 Å². The number of hydrogen-bond acceptors (Lipinski definition) is 5. The molecule has 1 amide bonds. The summed E-state index contributed by atoms with van der Waals surface area (Å²) in [5, 5.41) is 7.56. The SMILES string of the molecule is CCOc1cc(/C=C2\SC(Nc3cc(Cl)ccc3C)NC2=O)ccc1OCc1ccccc1Cl. The third-order valence-electron chi connectivity index (χ3n) is 5.12. The van der Waals surface area contributed by atoms with Gasteiger partial charge in [-0.3, -0.25) is 4.79 Å². The van der Waals surface area contributed by atoms with Crippen LogP contribution < -0.4 is 20.1 Å². The van der Waals surface area contributed by atoms with Gasteiger partial charge < -0.3 is 20.1 Å². The molecule has 34 heavy (non-hydrogen) atoms. The molecule has 0 saturated carbocycles. The molecule has 8 heteroatoms. The zero-order valence-corrected chi connectivity index (χ0v) is 21.1. The number of benzene rings is 3. The van der Waals surface area contributed by atoms with Gasteiger partial charge in [0, 0.05) is 21.3 Å². The number of thioether (sulfide) groups is 1. The molecule has 1 heterocycles. The van der Waals surface area contributed by atoms with Crippen molar-refractivity contribution < 1.29 is 14.3 Å². The standard InChI is InChI=1S/C26H24Cl2N2O3S/c1-3-32-23-12-17(9-11-22(23)33-15-18-6-4-5-7-20(18)28)13-24-25(31)30-26(34-24)29-21-14-19(27)10-8-16(21)2/h4-14,26,29H,3,15H2,1-2H3,(H,30,31)/b24-13-. The minimum Gasteiger partial charge on any atom is -0.490 e. The number of rotatable bonds is 8. The number of amides is 1. The average Bonchev–Trinajstić information content (AvgIpc) is 3.15. The van der Waals surface area contributed by atoms with Gasteiger partial charge in [-0.2, -0.15) is 0 Å². The van der Waals surface area contributed by atoms with Gasteiger partial charge in [-0.05, 0) is 61.4 Å². The molecule has 1 aliphatic rings. The van der Waals surface area contributed by atoms with Crippen molar-refractivity contribution in [2.24, 2.45) is 0 Å². The molecule has 5 nitrogen and oxygen atoms in total. The lowest BCUT2D eigenvalue weighted by molar-refractivity contribution is -0.116. The van der Waals surface area contributed by atoms with Crippen LogP contribution in [0.4, 0.5) is 5.69 Å². The second-order valence-electron chi connectivity index (χ2n) is 7.60. The third kappa shape index (κ3) is 6.00. The van der Waals surface area contributed by atoms with E-state index < -0.39 is 0 Å². The number of ether oxygens (including phenoxy) is 2. The zero-order valence-electron chi connectivity index (χ0n) is 18.7. The van der Waals surface area contributed by atoms with E-state index in [9.17, 15) is 4.79 Å². The maximum Gasteiger partial charge on any atom is 0.260 e. The van der Waals surface area contributed by atoms with Crippen LogP contribution >= 0.6 is 35.0 Å². The largest absolute Gasteiger partial charge is 0.490 e. The first-order valence-electron chi connectivity index (χ1n) is 10.8. The number of anilines is 1. The maximum absolute atomic E-state index is 12.6. The monoisotopic (exact) mass is 514 g/mol. The van der Waals surface area contributed by atoms with Crippen molar-refractivity contribution in [3.05, 3.63) is 92.3 Å². The van der Waals surface area contributed by atoms with E-state index in [4.69, 9.17) is 32.7 Å². The summed E-state index contributed by atoms with van der Waals surface area (Å²) >= 11 is 13.8. The van der Waals surface area contributed by atoms with Gasteiger partial charge in [0.05, 0.1) is 11.5 Å². The second kappa shape index (κ2) is 11.1. The number of carbonyl (C=O) groups is 1. The highest BCUT2D eigenvalue weighted by Gasteiger charge is 2.27. The molecule has 0 aromatic heterocycles. The van der Waals surface area contributed by atoms with Crippen LogP contribution in [0.3, 0.4) is 0 Å². The van der Waals surface area contributed by atoms with Gasteiger partial charge in [0.25, 0.3) is 5.91 Å². The first-order valence-corrected chi connectivity index (χ1v) is 12.4. The number of nitrogens with one attached hydrogen (secondary N) is 2. The fraction of sp³-hybridized carbons (Fsp3) is 0.192. The summed E-state index contributed by atoms with van der Waals surface area (Å²) in [6.07, 6.45) is 1.84. The molecule has 1 atom stereocenters. The minimum atomic E-state index is -0.291. The Bertz CT molecular complexity index is 1230. The smallest absolute Gasteiger partial charge is 0.260 e. The van der Waals surface area contributed by atoms with E-state index in [0.29, 0.717) is 39.7 Å². The molecule has 3 aromatic rings. The first-order chi connectivity index (χ1) is 16.4. The fourth-order valence-electron chi connectivity index (χ4n) is 3.38. The van der Waals surface area contributed by atoms with Crippen molar-refractivity contribution in [2.45, 2.75) is 26.0 Å². The van der Waals surface area contributed by atoms with Gasteiger partial charge in [-0.15, -0.1) is 0 Å². The molecule has 176 valence electrons. The Balaban J connectivity index is 1.48. The predicted molar refractivity (Wildman–Crippen MR) is 141 cm³/mol. The zero-order chi connectivity index (χ0) is 24.1. The Morgan fingerprint density at radius 3 is 2.68 bits per heavy atom. The van der Waals surface area contributed by atoms with Gasteiger partial charge in [0.15, 0.2) is 17.0 Å². The normalized spacial score (nSPS) is 16.4. The van der Waals surface area contributed by atoms with Crippen molar-refractivity contribution in [2.75, 3.05) is 11.9 Å². The van der Waals surface area contributed by atoms with Crippen molar-refractivity contribution in [3.8, 4) is 11.5 Å². The van der Waals surface area contributed by atoms with E-state index in [1.165, 1.54) is 11.8 Å². The molecule has 1 fully saturated rings. The Hall–Kier alpha value is -2.80. The quantitative estimate of drug-likeness (QED) is 0.321. The molecule has 4 rings (SSSR count). The highest BCUT2D eigenvalue weighted by molar-refractivity contribution is 8.05. The van der Waals surface area contributed by atoms with Crippen LogP contribution in [0.25, 0.3) is 6.08 Å². The van der Waals surface area contributed by atoms with E-state index in [1.54, 1.807) is 0 Å². The molecule has 1 aliphatic heterocycles. The van der Waals surface area contributed by atoms with Crippen LogP contribution in [0.15, 0.2) is 65.6 Å². The number of halogens is 2. The summed E-state index contributed by atoms with van der Waals surface area (Å²) in [6.45, 7) is 4.72. The molecule has 0 radical (unpaired) electrons. The topological polar surface area (TPSA) is 59.6 Å². The van der Waals surface area contributed by atoms with E-state index in [-0.39, 0.29) is 11.4 Å². The lowest BCUT2D eigenvalue weighted by atomic mass is 10.2. The number of carbonyl (C=O) groups excluding carboxylic acids is 1. The van der Waals surface area contributed by atoms with E-state index in [0.717, 1.165) is 22.4 Å². The molecule has 0 aliphatic carbocycles. The molecule has 1 saturated heterocycles. The molecule has 2 N–H and O–H groups in total. The van der Waals surface area contributed by atoms with Gasteiger partial charge in [-0.25, -0.2) is 0 Å². The van der Waals surface area contributed by atoms with E-state index in [2.05, 4.69) is 10.6 Å². The highest BCUT2D eigenvalue weighted by Crippen LogP contribution is 2.34. The molecule has 1 unspecified atom stereocenters. The van der Waals surface area contributed by atoms with Gasteiger partial charge in [0.2, 0.25) is 0 Å². The highest BCUT2D eigenvalue weighted by atomic mass is 35.5. The summed E-state index contributed by atoms with van der Waals surface area (Å²) in [4.78, 5) is 13.2. The van der Waals surface area contributed by atoms with Gasteiger partial charge in [0.1, 0.15) is 6.61 Å². The van der Waals surface area contributed by atoms with Gasteiger partial charge in [-0.1, -0.05) is 65.3 Å². The summed E-state index contributed by atoms with van der Waals surface area (Å²) in [5.74, 6) is 1.08. The summed E-state index contributed by atoms with van der Waals surface area (Å²) in [6, 6.07) is 18.8. The number of hydrogen-bond donors (Lipinski definition) is 2. The molecular formula is C26H24Cl2N2O3S. The molecule has 3 aromatic carbocycles. The molecular weight excluding hydrogens is 491 g/mol. The van der Waals surface area contributed by atoms with Crippen LogP contribution in [0, 0.1) is 6.92 Å². The first kappa shape index (κ1) is 24.3. The lowest BCUT2D eigenvalue weighted by Crippen LogP contribution is -2.31. The average molecular weight is 515 g/mol. The van der Waals surface area contributed by atoms with Crippen molar-refractivity contribution in [3.63, 3.8) is 0 Å². The summed E-state index contributed by atoms with van der Waals surface area (Å²) < 4.78 is 11.8. The van der Waals surface area contributed by atoms with E-state index >= 15 is 0 Å².